The van der Waals surface area contributed by atoms with Gasteiger partial charge in [0.1, 0.15) is 0 Å². The van der Waals surface area contributed by atoms with E-state index in [9.17, 15) is 14.7 Å². The number of benzene rings is 1. The molecule has 6 heteroatoms. The fourth-order valence-corrected chi connectivity index (χ4v) is 5.70. The monoisotopic (exact) mass is 396 g/mol. The van der Waals surface area contributed by atoms with Crippen LogP contribution in [0.5, 0.6) is 0 Å². The van der Waals surface area contributed by atoms with Crippen molar-refractivity contribution in [1.29, 1.82) is 0 Å². The standard InChI is InChI=1S/C22H24N2O3S/c1-11(2)17-14-8-9-15(17)19(21(26)27)18(14)20(25)24-22-23-16(10-28-22)13-6-4-12(3)5-7-13/h4-7,10,14-15,18-19H,8-9H2,1-3H3,(H,26,27)(H,23,24,25). The largest absolute Gasteiger partial charge is 0.481 e. The predicted octanol–water partition coefficient (Wildman–Crippen LogP) is 4.75. The van der Waals surface area contributed by atoms with E-state index in [4.69, 9.17) is 0 Å². The van der Waals surface area contributed by atoms with E-state index in [-0.39, 0.29) is 17.7 Å². The highest BCUT2D eigenvalue weighted by molar-refractivity contribution is 7.14. The first-order chi connectivity index (χ1) is 13.4. The molecule has 2 aromatic rings. The van der Waals surface area contributed by atoms with E-state index in [1.165, 1.54) is 22.5 Å². The van der Waals surface area contributed by atoms with Gasteiger partial charge >= 0.3 is 5.97 Å². The topological polar surface area (TPSA) is 79.3 Å². The van der Waals surface area contributed by atoms with Crippen LogP contribution in [0.4, 0.5) is 5.13 Å². The molecule has 4 unspecified atom stereocenters. The molecular formula is C22H24N2O3S. The number of aryl methyl sites for hydroxylation is 1. The maximum Gasteiger partial charge on any atom is 0.307 e. The summed E-state index contributed by atoms with van der Waals surface area (Å²) in [6.45, 7) is 6.08. The van der Waals surface area contributed by atoms with Crippen molar-refractivity contribution in [3.8, 4) is 11.3 Å². The number of fused-ring (bicyclic) bond motifs is 2. The van der Waals surface area contributed by atoms with E-state index in [1.54, 1.807) is 0 Å². The molecule has 4 atom stereocenters. The second kappa shape index (κ2) is 7.17. The number of hydrogen-bond donors (Lipinski definition) is 2. The maximum absolute atomic E-state index is 13.0. The van der Waals surface area contributed by atoms with Gasteiger partial charge in [0.25, 0.3) is 0 Å². The molecule has 2 saturated carbocycles. The van der Waals surface area contributed by atoms with Crippen molar-refractivity contribution in [2.75, 3.05) is 5.32 Å². The van der Waals surface area contributed by atoms with Gasteiger partial charge < -0.3 is 10.4 Å². The van der Waals surface area contributed by atoms with Crippen molar-refractivity contribution < 1.29 is 14.7 Å². The van der Waals surface area contributed by atoms with Crippen molar-refractivity contribution in [3.63, 3.8) is 0 Å². The number of aromatic nitrogens is 1. The number of aliphatic carboxylic acids is 1. The zero-order valence-corrected chi connectivity index (χ0v) is 17.0. The Morgan fingerprint density at radius 2 is 1.75 bits per heavy atom. The first kappa shape index (κ1) is 18.9. The van der Waals surface area contributed by atoms with Crippen molar-refractivity contribution >= 4 is 28.3 Å². The van der Waals surface area contributed by atoms with Gasteiger partial charge in [-0.2, -0.15) is 0 Å². The van der Waals surface area contributed by atoms with Crippen molar-refractivity contribution in [1.82, 2.24) is 4.98 Å². The summed E-state index contributed by atoms with van der Waals surface area (Å²) >= 11 is 1.37. The summed E-state index contributed by atoms with van der Waals surface area (Å²) in [5.74, 6) is -2.22. The normalized spacial score (nSPS) is 25.8. The van der Waals surface area contributed by atoms with Crippen LogP contribution < -0.4 is 5.32 Å². The second-order valence-corrected chi connectivity index (χ2v) is 8.89. The molecule has 2 bridgehead atoms. The molecule has 0 saturated heterocycles. The van der Waals surface area contributed by atoms with Crippen LogP contribution in [0.2, 0.25) is 0 Å². The predicted molar refractivity (Wildman–Crippen MR) is 110 cm³/mol. The Balaban J connectivity index is 1.56. The number of nitrogens with one attached hydrogen (secondary N) is 1. The van der Waals surface area contributed by atoms with Gasteiger partial charge in [-0.05, 0) is 45.4 Å². The van der Waals surface area contributed by atoms with Crippen LogP contribution in [0, 0.1) is 30.6 Å². The first-order valence-electron chi connectivity index (χ1n) is 9.60. The SMILES string of the molecule is CC(C)=C1C2CCC1C(C(=O)Nc1nc(-c3ccc(C)cc3)cs1)C2C(=O)O. The van der Waals surface area contributed by atoms with Crippen LogP contribution in [0.25, 0.3) is 11.3 Å². The molecule has 2 aliphatic rings. The lowest BCUT2D eigenvalue weighted by atomic mass is 9.79. The average molecular weight is 397 g/mol. The molecule has 146 valence electrons. The van der Waals surface area contributed by atoms with Gasteiger partial charge in [0.2, 0.25) is 5.91 Å². The Labute approximate surface area is 168 Å². The fourth-order valence-electron chi connectivity index (χ4n) is 4.98. The van der Waals surface area contributed by atoms with Gasteiger partial charge in [0.05, 0.1) is 17.5 Å². The first-order valence-corrected chi connectivity index (χ1v) is 10.5. The van der Waals surface area contributed by atoms with Crippen molar-refractivity contribution in [3.05, 3.63) is 46.4 Å². The highest BCUT2D eigenvalue weighted by Gasteiger charge is 2.57. The average Bonchev–Trinajstić information content (AvgIpc) is 3.35. The van der Waals surface area contributed by atoms with E-state index in [0.717, 1.165) is 29.7 Å². The number of carbonyl (C=O) groups excluding carboxylic acids is 1. The van der Waals surface area contributed by atoms with E-state index in [0.29, 0.717) is 5.13 Å². The zero-order valence-electron chi connectivity index (χ0n) is 16.2. The molecule has 4 rings (SSSR count). The minimum Gasteiger partial charge on any atom is -0.481 e. The summed E-state index contributed by atoms with van der Waals surface area (Å²) in [7, 11) is 0. The van der Waals surface area contributed by atoms with Crippen LogP contribution in [0.3, 0.4) is 0 Å². The molecule has 2 aliphatic carbocycles. The van der Waals surface area contributed by atoms with Crippen LogP contribution in [0.15, 0.2) is 40.8 Å². The Bertz CT molecular complexity index is 956. The van der Waals surface area contributed by atoms with Crippen molar-refractivity contribution in [2.24, 2.45) is 23.7 Å². The summed E-state index contributed by atoms with van der Waals surface area (Å²) in [4.78, 5) is 29.5. The number of carbonyl (C=O) groups is 2. The number of amides is 1. The van der Waals surface area contributed by atoms with Gasteiger partial charge in [-0.25, -0.2) is 4.98 Å². The third-order valence-corrected chi connectivity index (χ3v) is 6.85. The van der Waals surface area contributed by atoms with Gasteiger partial charge in [0.15, 0.2) is 5.13 Å². The van der Waals surface area contributed by atoms with Gasteiger partial charge in [-0.1, -0.05) is 41.0 Å². The molecule has 5 nitrogen and oxygen atoms in total. The Morgan fingerprint density at radius 3 is 2.36 bits per heavy atom. The van der Waals surface area contributed by atoms with Crippen LogP contribution >= 0.6 is 11.3 Å². The summed E-state index contributed by atoms with van der Waals surface area (Å²) in [6.07, 6.45) is 1.75. The molecule has 1 aromatic heterocycles. The second-order valence-electron chi connectivity index (χ2n) is 8.03. The smallest absolute Gasteiger partial charge is 0.307 e. The molecular weight excluding hydrogens is 372 g/mol. The lowest BCUT2D eigenvalue weighted by molar-refractivity contribution is -0.148. The molecule has 0 radical (unpaired) electrons. The number of allylic oxidation sites excluding steroid dienone is 2. The number of nitrogens with zero attached hydrogens (tertiary/aromatic N) is 1. The van der Waals surface area contributed by atoms with E-state index >= 15 is 0 Å². The maximum atomic E-state index is 13.0. The van der Waals surface area contributed by atoms with Crippen molar-refractivity contribution in [2.45, 2.75) is 33.6 Å². The highest BCUT2D eigenvalue weighted by atomic mass is 32.1. The lowest BCUT2D eigenvalue weighted by Gasteiger charge is -2.25. The number of rotatable bonds is 4. The zero-order chi connectivity index (χ0) is 20.0. The molecule has 2 fully saturated rings. The Kier molecular flexibility index (Phi) is 4.83. The summed E-state index contributed by atoms with van der Waals surface area (Å²) < 4.78 is 0. The van der Waals surface area contributed by atoms with Gasteiger partial charge in [-0.3, -0.25) is 9.59 Å². The summed E-state index contributed by atoms with van der Waals surface area (Å²) in [5, 5.41) is 15.1. The number of carboxylic acid groups (broad SMARTS) is 1. The van der Waals surface area contributed by atoms with Crippen LogP contribution in [-0.2, 0) is 9.59 Å². The van der Waals surface area contributed by atoms with Crippen LogP contribution in [0.1, 0.15) is 32.3 Å². The Hall–Kier alpha value is -2.47. The molecule has 1 aromatic carbocycles. The lowest BCUT2D eigenvalue weighted by Crippen LogP contribution is -2.37. The molecule has 0 aliphatic heterocycles. The van der Waals surface area contributed by atoms with Crippen LogP contribution in [-0.4, -0.2) is 22.0 Å². The molecule has 2 N–H and O–H groups in total. The minimum atomic E-state index is -0.870. The molecule has 1 heterocycles. The Morgan fingerprint density at radius 1 is 1.11 bits per heavy atom. The molecule has 1 amide bonds. The summed E-state index contributed by atoms with van der Waals surface area (Å²) in [6, 6.07) is 8.07. The fraction of sp³-hybridized carbons (Fsp3) is 0.409. The van der Waals surface area contributed by atoms with E-state index < -0.39 is 17.8 Å². The number of thiazole rings is 1. The highest BCUT2D eigenvalue weighted by Crippen LogP contribution is 2.57. The molecule has 0 spiro atoms. The quantitative estimate of drug-likeness (QED) is 0.731. The summed E-state index contributed by atoms with van der Waals surface area (Å²) in [5.41, 5.74) is 5.33. The van der Waals surface area contributed by atoms with Gasteiger partial charge in [-0.15, -0.1) is 11.3 Å². The third kappa shape index (κ3) is 3.15. The molecule has 28 heavy (non-hydrogen) atoms. The van der Waals surface area contributed by atoms with E-state index in [1.807, 2.05) is 50.4 Å². The number of carboxylic acids is 1. The minimum absolute atomic E-state index is 0.0114. The van der Waals surface area contributed by atoms with E-state index in [2.05, 4.69) is 10.3 Å². The third-order valence-electron chi connectivity index (χ3n) is 6.09. The van der Waals surface area contributed by atoms with Gasteiger partial charge in [0, 0.05) is 10.9 Å². The number of hydrogen-bond acceptors (Lipinski definition) is 4. The number of anilines is 1.